The SMILES string of the molecule is CCN(CC)CCOc1ccc([C@H](C)N)cc1OC. The van der Waals surface area contributed by atoms with Crippen LogP contribution in [0.1, 0.15) is 32.4 Å². The van der Waals surface area contributed by atoms with E-state index in [2.05, 4.69) is 18.7 Å². The minimum Gasteiger partial charge on any atom is -0.493 e. The van der Waals surface area contributed by atoms with Gasteiger partial charge in [-0.3, -0.25) is 0 Å². The molecule has 0 radical (unpaired) electrons. The molecule has 0 saturated carbocycles. The summed E-state index contributed by atoms with van der Waals surface area (Å²) < 4.78 is 11.1. The molecule has 0 fully saturated rings. The topological polar surface area (TPSA) is 47.7 Å². The van der Waals surface area contributed by atoms with Crippen LogP contribution in [0.2, 0.25) is 0 Å². The number of rotatable bonds is 8. The second-order valence-electron chi connectivity index (χ2n) is 4.57. The van der Waals surface area contributed by atoms with Crippen LogP contribution in [0.25, 0.3) is 0 Å². The lowest BCUT2D eigenvalue weighted by Crippen LogP contribution is -2.27. The molecule has 4 heteroatoms. The molecular weight excluding hydrogens is 240 g/mol. The summed E-state index contributed by atoms with van der Waals surface area (Å²) in [5.74, 6) is 1.52. The van der Waals surface area contributed by atoms with E-state index in [0.29, 0.717) is 6.61 Å². The quantitative estimate of drug-likeness (QED) is 0.785. The van der Waals surface area contributed by atoms with Crippen molar-refractivity contribution in [2.75, 3.05) is 33.4 Å². The Balaban J connectivity index is 2.63. The number of benzene rings is 1. The van der Waals surface area contributed by atoms with Crippen molar-refractivity contribution in [2.45, 2.75) is 26.8 Å². The average Bonchev–Trinajstić information content (AvgIpc) is 2.43. The van der Waals surface area contributed by atoms with E-state index in [4.69, 9.17) is 15.2 Å². The van der Waals surface area contributed by atoms with Crippen LogP contribution in [0.5, 0.6) is 11.5 Å². The van der Waals surface area contributed by atoms with E-state index in [1.807, 2.05) is 25.1 Å². The summed E-state index contributed by atoms with van der Waals surface area (Å²) in [6.07, 6.45) is 0. The number of likely N-dealkylation sites (N-methyl/N-ethyl adjacent to an activating group) is 1. The molecule has 0 bridgehead atoms. The third-order valence-corrected chi connectivity index (χ3v) is 3.27. The Bertz CT molecular complexity index is 376. The lowest BCUT2D eigenvalue weighted by molar-refractivity contribution is 0.217. The highest BCUT2D eigenvalue weighted by Crippen LogP contribution is 2.29. The van der Waals surface area contributed by atoms with Gasteiger partial charge in [-0.05, 0) is 37.7 Å². The summed E-state index contributed by atoms with van der Waals surface area (Å²) in [6, 6.07) is 5.86. The fourth-order valence-electron chi connectivity index (χ4n) is 1.91. The average molecular weight is 266 g/mol. The van der Waals surface area contributed by atoms with Gasteiger partial charge in [0, 0.05) is 12.6 Å². The normalized spacial score (nSPS) is 12.5. The molecule has 0 unspecified atom stereocenters. The van der Waals surface area contributed by atoms with Crippen molar-refractivity contribution in [1.29, 1.82) is 0 Å². The zero-order valence-electron chi connectivity index (χ0n) is 12.5. The molecule has 1 rings (SSSR count). The molecule has 0 aliphatic carbocycles. The standard InChI is InChI=1S/C15H26N2O2/c1-5-17(6-2)9-10-19-14-8-7-13(12(3)16)11-15(14)18-4/h7-8,11-12H,5-6,9-10,16H2,1-4H3/t12-/m0/s1. The second-order valence-corrected chi connectivity index (χ2v) is 4.57. The first-order valence-electron chi connectivity index (χ1n) is 6.91. The predicted molar refractivity (Wildman–Crippen MR) is 78.9 cm³/mol. The molecular formula is C15H26N2O2. The molecule has 0 amide bonds. The summed E-state index contributed by atoms with van der Waals surface area (Å²) in [6.45, 7) is 9.93. The maximum atomic E-state index is 5.86. The first-order chi connectivity index (χ1) is 9.12. The van der Waals surface area contributed by atoms with Gasteiger partial charge in [0.15, 0.2) is 11.5 Å². The highest BCUT2D eigenvalue weighted by molar-refractivity contribution is 5.43. The number of hydrogen-bond donors (Lipinski definition) is 1. The maximum absolute atomic E-state index is 5.86. The van der Waals surface area contributed by atoms with Gasteiger partial charge in [0.2, 0.25) is 0 Å². The molecule has 19 heavy (non-hydrogen) atoms. The van der Waals surface area contributed by atoms with Crippen LogP contribution < -0.4 is 15.2 Å². The van der Waals surface area contributed by atoms with Crippen molar-refractivity contribution in [1.82, 2.24) is 4.90 Å². The van der Waals surface area contributed by atoms with Gasteiger partial charge in [0.25, 0.3) is 0 Å². The second kappa shape index (κ2) is 8.02. The van der Waals surface area contributed by atoms with Crippen molar-refractivity contribution >= 4 is 0 Å². The number of nitrogens with zero attached hydrogens (tertiary/aromatic N) is 1. The van der Waals surface area contributed by atoms with Crippen LogP contribution in [0.3, 0.4) is 0 Å². The minimum absolute atomic E-state index is 0.00127. The monoisotopic (exact) mass is 266 g/mol. The fraction of sp³-hybridized carbons (Fsp3) is 0.600. The number of hydrogen-bond acceptors (Lipinski definition) is 4. The van der Waals surface area contributed by atoms with E-state index in [-0.39, 0.29) is 6.04 Å². The molecule has 1 atom stereocenters. The Kier molecular flexibility index (Phi) is 6.67. The van der Waals surface area contributed by atoms with Crippen molar-refractivity contribution < 1.29 is 9.47 Å². The Labute approximate surface area is 116 Å². The van der Waals surface area contributed by atoms with Gasteiger partial charge in [-0.25, -0.2) is 0 Å². The summed E-state index contributed by atoms with van der Waals surface area (Å²) in [4.78, 5) is 2.32. The number of methoxy groups -OCH3 is 1. The molecule has 0 spiro atoms. The van der Waals surface area contributed by atoms with Gasteiger partial charge in [0.05, 0.1) is 7.11 Å². The Morgan fingerprint density at radius 3 is 2.42 bits per heavy atom. The molecule has 1 aromatic rings. The number of nitrogens with two attached hydrogens (primary N) is 1. The van der Waals surface area contributed by atoms with Gasteiger partial charge in [-0.1, -0.05) is 19.9 Å². The zero-order chi connectivity index (χ0) is 14.3. The Morgan fingerprint density at radius 2 is 1.89 bits per heavy atom. The summed E-state index contributed by atoms with van der Waals surface area (Å²) in [5, 5.41) is 0. The van der Waals surface area contributed by atoms with Gasteiger partial charge in [-0.15, -0.1) is 0 Å². The van der Waals surface area contributed by atoms with Gasteiger partial charge >= 0.3 is 0 Å². The molecule has 4 nitrogen and oxygen atoms in total. The smallest absolute Gasteiger partial charge is 0.161 e. The van der Waals surface area contributed by atoms with Crippen LogP contribution >= 0.6 is 0 Å². The van der Waals surface area contributed by atoms with E-state index >= 15 is 0 Å². The Morgan fingerprint density at radius 1 is 1.21 bits per heavy atom. The Hall–Kier alpha value is -1.26. The van der Waals surface area contributed by atoms with Crippen molar-refractivity contribution in [3.8, 4) is 11.5 Å². The summed E-state index contributed by atoms with van der Waals surface area (Å²) in [7, 11) is 1.65. The van der Waals surface area contributed by atoms with E-state index in [1.165, 1.54) is 0 Å². The summed E-state index contributed by atoms with van der Waals surface area (Å²) >= 11 is 0. The third-order valence-electron chi connectivity index (χ3n) is 3.27. The van der Waals surface area contributed by atoms with Crippen molar-refractivity contribution in [2.24, 2.45) is 5.73 Å². The van der Waals surface area contributed by atoms with Crippen LogP contribution in [-0.2, 0) is 0 Å². The molecule has 1 aromatic carbocycles. The lowest BCUT2D eigenvalue weighted by Gasteiger charge is -2.19. The largest absolute Gasteiger partial charge is 0.493 e. The molecule has 0 saturated heterocycles. The van der Waals surface area contributed by atoms with E-state index in [0.717, 1.165) is 36.7 Å². The van der Waals surface area contributed by atoms with Crippen molar-refractivity contribution in [3.63, 3.8) is 0 Å². The predicted octanol–water partition coefficient (Wildman–Crippen LogP) is 2.44. The summed E-state index contributed by atoms with van der Waals surface area (Å²) in [5.41, 5.74) is 6.91. The highest BCUT2D eigenvalue weighted by Gasteiger charge is 2.08. The van der Waals surface area contributed by atoms with Crippen LogP contribution in [0.4, 0.5) is 0 Å². The van der Waals surface area contributed by atoms with Crippen LogP contribution in [0.15, 0.2) is 18.2 Å². The molecule has 0 heterocycles. The van der Waals surface area contributed by atoms with Crippen LogP contribution in [-0.4, -0.2) is 38.3 Å². The molecule has 0 aliphatic heterocycles. The van der Waals surface area contributed by atoms with Gasteiger partial charge in [0.1, 0.15) is 6.61 Å². The van der Waals surface area contributed by atoms with E-state index in [9.17, 15) is 0 Å². The maximum Gasteiger partial charge on any atom is 0.161 e. The van der Waals surface area contributed by atoms with E-state index in [1.54, 1.807) is 7.11 Å². The fourth-order valence-corrected chi connectivity index (χ4v) is 1.91. The molecule has 2 N–H and O–H groups in total. The molecule has 0 aliphatic rings. The molecule has 0 aromatic heterocycles. The number of ether oxygens (including phenoxy) is 2. The minimum atomic E-state index is -0.00127. The first-order valence-corrected chi connectivity index (χ1v) is 6.91. The molecule has 108 valence electrons. The van der Waals surface area contributed by atoms with Gasteiger partial charge in [-0.2, -0.15) is 0 Å². The zero-order valence-corrected chi connectivity index (χ0v) is 12.5. The van der Waals surface area contributed by atoms with Gasteiger partial charge < -0.3 is 20.1 Å². The van der Waals surface area contributed by atoms with Crippen LogP contribution in [0, 0.1) is 0 Å². The first kappa shape index (κ1) is 15.8. The lowest BCUT2D eigenvalue weighted by atomic mass is 10.1. The van der Waals surface area contributed by atoms with Crippen molar-refractivity contribution in [3.05, 3.63) is 23.8 Å². The highest BCUT2D eigenvalue weighted by atomic mass is 16.5. The third kappa shape index (κ3) is 4.73. The van der Waals surface area contributed by atoms with E-state index < -0.39 is 0 Å².